The molecule has 7 heteroatoms. The SMILES string of the molecule is CCOC(=O)CCn1c(=NC(=O)Cc2ccccc2)sc2cc(OCC)ccc21. The molecule has 1 aromatic heterocycles. The molecule has 0 unspecified atom stereocenters. The van der Waals surface area contributed by atoms with Gasteiger partial charge in [0.2, 0.25) is 0 Å². The Morgan fingerprint density at radius 3 is 2.59 bits per heavy atom. The highest BCUT2D eigenvalue weighted by Gasteiger charge is 2.12. The van der Waals surface area contributed by atoms with E-state index >= 15 is 0 Å². The van der Waals surface area contributed by atoms with Gasteiger partial charge in [-0.15, -0.1) is 0 Å². The first-order chi connectivity index (χ1) is 14.1. The maximum absolute atomic E-state index is 12.5. The number of hydrogen-bond donors (Lipinski definition) is 0. The van der Waals surface area contributed by atoms with Crippen LogP contribution in [0.2, 0.25) is 0 Å². The van der Waals surface area contributed by atoms with E-state index in [9.17, 15) is 9.59 Å². The van der Waals surface area contributed by atoms with Gasteiger partial charge in [0.1, 0.15) is 5.75 Å². The summed E-state index contributed by atoms with van der Waals surface area (Å²) < 4.78 is 13.5. The molecule has 3 rings (SSSR count). The van der Waals surface area contributed by atoms with E-state index in [1.54, 1.807) is 6.92 Å². The molecule has 0 aliphatic carbocycles. The predicted molar refractivity (Wildman–Crippen MR) is 113 cm³/mol. The largest absolute Gasteiger partial charge is 0.494 e. The van der Waals surface area contributed by atoms with Crippen molar-refractivity contribution in [1.82, 2.24) is 4.57 Å². The number of esters is 1. The number of carbonyl (C=O) groups is 2. The minimum Gasteiger partial charge on any atom is -0.494 e. The van der Waals surface area contributed by atoms with E-state index in [1.165, 1.54) is 11.3 Å². The van der Waals surface area contributed by atoms with Gasteiger partial charge in [0, 0.05) is 6.54 Å². The third-order valence-corrected chi connectivity index (χ3v) is 5.27. The van der Waals surface area contributed by atoms with Crippen molar-refractivity contribution in [3.63, 3.8) is 0 Å². The minimum atomic E-state index is -0.271. The smallest absolute Gasteiger partial charge is 0.307 e. The first-order valence-corrected chi connectivity index (χ1v) is 10.5. The van der Waals surface area contributed by atoms with Gasteiger partial charge < -0.3 is 14.0 Å². The highest BCUT2D eigenvalue weighted by Crippen LogP contribution is 2.23. The standard InChI is InChI=1S/C22H24N2O4S/c1-3-27-17-10-11-18-19(15-17)29-22(24(18)13-12-21(26)28-4-2)23-20(25)14-16-8-6-5-7-9-16/h5-11,15H,3-4,12-14H2,1-2H3. The van der Waals surface area contributed by atoms with Crippen molar-refractivity contribution in [2.75, 3.05) is 13.2 Å². The maximum Gasteiger partial charge on any atom is 0.307 e. The second kappa shape index (κ2) is 10.0. The van der Waals surface area contributed by atoms with E-state index in [2.05, 4.69) is 4.99 Å². The minimum absolute atomic E-state index is 0.215. The Balaban J connectivity index is 1.95. The van der Waals surface area contributed by atoms with Crippen LogP contribution in [0.3, 0.4) is 0 Å². The van der Waals surface area contributed by atoms with Crippen LogP contribution in [0.25, 0.3) is 10.2 Å². The summed E-state index contributed by atoms with van der Waals surface area (Å²) in [5, 5.41) is 0. The van der Waals surface area contributed by atoms with Crippen molar-refractivity contribution in [3.05, 3.63) is 58.9 Å². The lowest BCUT2D eigenvalue weighted by Crippen LogP contribution is -2.20. The second-order valence-electron chi connectivity index (χ2n) is 6.32. The molecule has 0 aliphatic heterocycles. The van der Waals surface area contributed by atoms with Crippen LogP contribution in [0.1, 0.15) is 25.8 Å². The highest BCUT2D eigenvalue weighted by atomic mass is 32.1. The van der Waals surface area contributed by atoms with Crippen LogP contribution in [0.5, 0.6) is 5.75 Å². The van der Waals surface area contributed by atoms with Gasteiger partial charge in [-0.3, -0.25) is 9.59 Å². The van der Waals surface area contributed by atoms with E-state index in [0.717, 1.165) is 21.5 Å². The summed E-state index contributed by atoms with van der Waals surface area (Å²) >= 11 is 1.41. The highest BCUT2D eigenvalue weighted by molar-refractivity contribution is 7.16. The van der Waals surface area contributed by atoms with E-state index in [0.29, 0.717) is 24.6 Å². The van der Waals surface area contributed by atoms with Gasteiger partial charge in [-0.2, -0.15) is 4.99 Å². The van der Waals surface area contributed by atoms with Gasteiger partial charge in [-0.1, -0.05) is 41.7 Å². The summed E-state index contributed by atoms with van der Waals surface area (Å²) in [6, 6.07) is 15.3. The van der Waals surface area contributed by atoms with Crippen molar-refractivity contribution >= 4 is 33.4 Å². The molecule has 0 spiro atoms. The van der Waals surface area contributed by atoms with E-state index in [1.807, 2.05) is 60.0 Å². The Morgan fingerprint density at radius 1 is 1.07 bits per heavy atom. The van der Waals surface area contributed by atoms with Crippen molar-refractivity contribution in [2.45, 2.75) is 33.2 Å². The molecule has 0 bridgehead atoms. The zero-order valence-corrected chi connectivity index (χ0v) is 17.4. The molecule has 2 aromatic carbocycles. The van der Waals surface area contributed by atoms with Crippen LogP contribution in [0.4, 0.5) is 0 Å². The van der Waals surface area contributed by atoms with Gasteiger partial charge in [-0.05, 0) is 37.6 Å². The van der Waals surface area contributed by atoms with Crippen molar-refractivity contribution < 1.29 is 19.1 Å². The number of amides is 1. The molecular weight excluding hydrogens is 388 g/mol. The Bertz CT molecular complexity index is 1050. The normalized spacial score (nSPS) is 11.6. The Labute approximate surface area is 173 Å². The summed E-state index contributed by atoms with van der Waals surface area (Å²) in [6.45, 7) is 5.03. The lowest BCUT2D eigenvalue weighted by molar-refractivity contribution is -0.143. The molecule has 1 amide bonds. The molecule has 29 heavy (non-hydrogen) atoms. The molecule has 0 atom stereocenters. The number of ether oxygens (including phenoxy) is 2. The van der Waals surface area contributed by atoms with E-state index in [-0.39, 0.29) is 24.7 Å². The number of aromatic nitrogens is 1. The molecule has 0 fully saturated rings. The fraction of sp³-hybridized carbons (Fsp3) is 0.318. The lowest BCUT2D eigenvalue weighted by atomic mass is 10.1. The predicted octanol–water partition coefficient (Wildman–Crippen LogP) is 3.72. The van der Waals surface area contributed by atoms with Crippen molar-refractivity contribution in [3.8, 4) is 5.75 Å². The average molecular weight is 413 g/mol. The summed E-state index contributed by atoms with van der Waals surface area (Å²) in [5.41, 5.74) is 1.83. The van der Waals surface area contributed by atoms with Crippen molar-refractivity contribution in [2.24, 2.45) is 4.99 Å². The third-order valence-electron chi connectivity index (χ3n) is 4.23. The molecule has 0 saturated heterocycles. The first kappa shape index (κ1) is 20.8. The Kier molecular flexibility index (Phi) is 7.19. The number of benzene rings is 2. The van der Waals surface area contributed by atoms with Gasteiger partial charge in [-0.25, -0.2) is 0 Å². The molecule has 3 aromatic rings. The maximum atomic E-state index is 12.5. The summed E-state index contributed by atoms with van der Waals surface area (Å²) in [4.78, 5) is 29.3. The number of aryl methyl sites for hydroxylation is 1. The van der Waals surface area contributed by atoms with E-state index < -0.39 is 0 Å². The second-order valence-corrected chi connectivity index (χ2v) is 7.33. The Morgan fingerprint density at radius 2 is 1.86 bits per heavy atom. The summed E-state index contributed by atoms with van der Waals surface area (Å²) in [5.74, 6) is 0.269. The van der Waals surface area contributed by atoms with Gasteiger partial charge in [0.25, 0.3) is 5.91 Å². The van der Waals surface area contributed by atoms with Crippen LogP contribution < -0.4 is 9.54 Å². The molecule has 0 aliphatic rings. The van der Waals surface area contributed by atoms with Crippen LogP contribution in [-0.4, -0.2) is 29.7 Å². The van der Waals surface area contributed by atoms with Crippen LogP contribution in [0.15, 0.2) is 53.5 Å². The molecule has 0 radical (unpaired) electrons. The van der Waals surface area contributed by atoms with Gasteiger partial charge >= 0.3 is 5.97 Å². The lowest BCUT2D eigenvalue weighted by Gasteiger charge is -2.06. The number of carbonyl (C=O) groups excluding carboxylic acids is 2. The Hall–Kier alpha value is -2.93. The quantitative estimate of drug-likeness (QED) is 0.529. The fourth-order valence-electron chi connectivity index (χ4n) is 2.96. The average Bonchev–Trinajstić information content (AvgIpc) is 3.03. The molecule has 152 valence electrons. The van der Waals surface area contributed by atoms with Crippen LogP contribution >= 0.6 is 11.3 Å². The summed E-state index contributed by atoms with van der Waals surface area (Å²) in [7, 11) is 0. The number of hydrogen-bond acceptors (Lipinski definition) is 5. The third kappa shape index (κ3) is 5.54. The molecule has 0 N–H and O–H groups in total. The zero-order valence-electron chi connectivity index (χ0n) is 16.6. The van der Waals surface area contributed by atoms with Crippen LogP contribution in [0, 0.1) is 0 Å². The monoisotopic (exact) mass is 412 g/mol. The fourth-order valence-corrected chi connectivity index (χ4v) is 4.07. The molecule has 6 nitrogen and oxygen atoms in total. The van der Waals surface area contributed by atoms with E-state index in [4.69, 9.17) is 9.47 Å². The van der Waals surface area contributed by atoms with Crippen LogP contribution in [-0.2, 0) is 27.3 Å². The first-order valence-electron chi connectivity index (χ1n) is 9.64. The van der Waals surface area contributed by atoms with Crippen molar-refractivity contribution in [1.29, 1.82) is 0 Å². The zero-order chi connectivity index (χ0) is 20.6. The number of fused-ring (bicyclic) bond motifs is 1. The van der Waals surface area contributed by atoms with Gasteiger partial charge in [0.05, 0.1) is 36.3 Å². The number of thiazole rings is 1. The molecule has 1 heterocycles. The number of nitrogens with zero attached hydrogens (tertiary/aromatic N) is 2. The topological polar surface area (TPSA) is 69.9 Å². The molecule has 0 saturated carbocycles. The summed E-state index contributed by atoms with van der Waals surface area (Å²) in [6.07, 6.45) is 0.449. The number of rotatable bonds is 8. The molecular formula is C22H24N2O4S. The van der Waals surface area contributed by atoms with Gasteiger partial charge in [0.15, 0.2) is 4.80 Å².